The molecule has 1 unspecified atom stereocenters. The first kappa shape index (κ1) is 13.5. The maximum Gasteiger partial charge on any atom is 0.314 e. The molecule has 0 fully saturated rings. The van der Waals surface area contributed by atoms with Crippen molar-refractivity contribution >= 4 is 6.03 Å². The summed E-state index contributed by atoms with van der Waals surface area (Å²) in [5, 5.41) is 5.58. The zero-order chi connectivity index (χ0) is 13.5. The van der Waals surface area contributed by atoms with E-state index in [0.717, 1.165) is 24.3 Å². The van der Waals surface area contributed by atoms with Gasteiger partial charge < -0.3 is 20.1 Å². The highest BCUT2D eigenvalue weighted by atomic mass is 16.6. The van der Waals surface area contributed by atoms with Gasteiger partial charge in [0, 0.05) is 6.54 Å². The summed E-state index contributed by atoms with van der Waals surface area (Å²) < 4.78 is 11.3. The van der Waals surface area contributed by atoms with E-state index in [2.05, 4.69) is 17.6 Å². The fourth-order valence-electron chi connectivity index (χ4n) is 1.81. The Hall–Kier alpha value is -1.91. The van der Waals surface area contributed by atoms with Gasteiger partial charge >= 0.3 is 6.03 Å². The predicted molar refractivity (Wildman–Crippen MR) is 72.7 cm³/mol. The van der Waals surface area contributed by atoms with Crippen LogP contribution < -0.4 is 20.1 Å². The fraction of sp³-hybridized carbons (Fsp3) is 0.500. The van der Waals surface area contributed by atoms with E-state index in [1.54, 1.807) is 0 Å². The monoisotopic (exact) mass is 264 g/mol. The van der Waals surface area contributed by atoms with Crippen molar-refractivity contribution in [2.45, 2.75) is 25.9 Å². The first-order valence-corrected chi connectivity index (χ1v) is 6.69. The van der Waals surface area contributed by atoms with Gasteiger partial charge in [-0.15, -0.1) is 0 Å². The number of nitrogens with one attached hydrogen (secondary N) is 2. The van der Waals surface area contributed by atoms with Crippen LogP contribution in [-0.4, -0.2) is 31.8 Å². The van der Waals surface area contributed by atoms with Gasteiger partial charge in [-0.2, -0.15) is 0 Å². The maximum absolute atomic E-state index is 11.5. The van der Waals surface area contributed by atoms with Crippen molar-refractivity contribution in [3.63, 3.8) is 0 Å². The summed E-state index contributed by atoms with van der Waals surface area (Å²) in [4.78, 5) is 11.5. The quantitative estimate of drug-likeness (QED) is 0.799. The lowest BCUT2D eigenvalue weighted by molar-refractivity contribution is 0.0918. The van der Waals surface area contributed by atoms with Crippen molar-refractivity contribution in [3.8, 4) is 11.5 Å². The Bertz CT molecular complexity index is 423. The molecule has 0 aliphatic carbocycles. The number of carbonyl (C=O) groups excluding carboxylic acids is 1. The van der Waals surface area contributed by atoms with Gasteiger partial charge in [-0.3, -0.25) is 0 Å². The van der Waals surface area contributed by atoms with Gasteiger partial charge in [-0.25, -0.2) is 4.79 Å². The van der Waals surface area contributed by atoms with Gasteiger partial charge in [0.05, 0.1) is 6.54 Å². The third-order valence-electron chi connectivity index (χ3n) is 2.87. The molecule has 0 radical (unpaired) electrons. The topological polar surface area (TPSA) is 59.6 Å². The van der Waals surface area contributed by atoms with Crippen LogP contribution in [-0.2, 0) is 0 Å². The molecule has 104 valence electrons. The van der Waals surface area contributed by atoms with Crippen molar-refractivity contribution in [1.82, 2.24) is 10.6 Å². The standard InChI is InChI=1S/C14H20N2O3/c1-2-3-8-15-14(17)16-9-11-10-18-12-6-4-5-7-13(12)19-11/h4-7,11H,2-3,8-10H2,1H3,(H2,15,16,17). The molecule has 0 bridgehead atoms. The van der Waals surface area contributed by atoms with Gasteiger partial charge in [0.2, 0.25) is 0 Å². The van der Waals surface area contributed by atoms with E-state index in [1.165, 1.54) is 0 Å². The van der Waals surface area contributed by atoms with Gasteiger partial charge in [-0.1, -0.05) is 25.5 Å². The highest BCUT2D eigenvalue weighted by molar-refractivity contribution is 5.73. The average Bonchev–Trinajstić information content (AvgIpc) is 2.45. The normalized spacial score (nSPS) is 16.8. The summed E-state index contributed by atoms with van der Waals surface area (Å²) in [6, 6.07) is 7.38. The molecule has 0 saturated carbocycles. The van der Waals surface area contributed by atoms with Crippen LogP contribution in [0, 0.1) is 0 Å². The van der Waals surface area contributed by atoms with E-state index in [0.29, 0.717) is 19.7 Å². The number of benzene rings is 1. The zero-order valence-corrected chi connectivity index (χ0v) is 11.1. The molecule has 1 aliphatic rings. The zero-order valence-electron chi connectivity index (χ0n) is 11.1. The molecule has 1 atom stereocenters. The van der Waals surface area contributed by atoms with Gasteiger partial charge in [0.15, 0.2) is 17.6 Å². The Kier molecular flexibility index (Phi) is 4.89. The van der Waals surface area contributed by atoms with E-state index in [1.807, 2.05) is 24.3 Å². The van der Waals surface area contributed by atoms with E-state index in [-0.39, 0.29) is 12.1 Å². The largest absolute Gasteiger partial charge is 0.486 e. The number of carbonyl (C=O) groups is 1. The van der Waals surface area contributed by atoms with Crippen LogP contribution in [0.15, 0.2) is 24.3 Å². The lowest BCUT2D eigenvalue weighted by atomic mass is 10.2. The highest BCUT2D eigenvalue weighted by Gasteiger charge is 2.20. The Morgan fingerprint density at radius 3 is 2.89 bits per heavy atom. The van der Waals surface area contributed by atoms with Crippen molar-refractivity contribution in [1.29, 1.82) is 0 Å². The summed E-state index contributed by atoms with van der Waals surface area (Å²) in [5.41, 5.74) is 0. The molecule has 2 N–H and O–H groups in total. The summed E-state index contributed by atoms with van der Waals surface area (Å²) in [7, 11) is 0. The fourth-order valence-corrected chi connectivity index (χ4v) is 1.81. The highest BCUT2D eigenvalue weighted by Crippen LogP contribution is 2.30. The van der Waals surface area contributed by atoms with Crippen molar-refractivity contribution in [2.75, 3.05) is 19.7 Å². The van der Waals surface area contributed by atoms with Gasteiger partial charge in [-0.05, 0) is 18.6 Å². The number of para-hydroxylation sites is 2. The molecular weight excluding hydrogens is 244 g/mol. The number of ether oxygens (including phenoxy) is 2. The second-order valence-corrected chi connectivity index (χ2v) is 4.49. The third kappa shape index (κ3) is 4.05. The molecule has 0 saturated heterocycles. The van der Waals surface area contributed by atoms with E-state index >= 15 is 0 Å². The average molecular weight is 264 g/mol. The molecule has 19 heavy (non-hydrogen) atoms. The lowest BCUT2D eigenvalue weighted by Crippen LogP contribution is -2.44. The Balaban J connectivity index is 1.72. The molecule has 1 aromatic rings. The Morgan fingerprint density at radius 1 is 1.32 bits per heavy atom. The van der Waals surface area contributed by atoms with Crippen LogP contribution in [0.25, 0.3) is 0 Å². The summed E-state index contributed by atoms with van der Waals surface area (Å²) >= 11 is 0. The van der Waals surface area contributed by atoms with E-state index < -0.39 is 0 Å². The minimum absolute atomic E-state index is 0.146. The van der Waals surface area contributed by atoms with Gasteiger partial charge in [0.25, 0.3) is 0 Å². The lowest BCUT2D eigenvalue weighted by Gasteiger charge is -2.26. The van der Waals surface area contributed by atoms with E-state index in [4.69, 9.17) is 9.47 Å². The minimum Gasteiger partial charge on any atom is -0.486 e. The number of amides is 2. The number of urea groups is 1. The molecule has 2 rings (SSSR count). The second kappa shape index (κ2) is 6.87. The first-order valence-electron chi connectivity index (χ1n) is 6.69. The molecule has 0 spiro atoms. The SMILES string of the molecule is CCCCNC(=O)NCC1COc2ccccc2O1. The molecule has 5 nitrogen and oxygen atoms in total. The third-order valence-corrected chi connectivity index (χ3v) is 2.87. The minimum atomic E-state index is -0.157. The molecular formula is C14H20N2O3. The number of fused-ring (bicyclic) bond motifs is 1. The summed E-state index contributed by atoms with van der Waals surface area (Å²) in [6.45, 7) is 3.68. The van der Waals surface area contributed by atoms with Crippen molar-refractivity contribution in [3.05, 3.63) is 24.3 Å². The Morgan fingerprint density at radius 2 is 2.11 bits per heavy atom. The van der Waals surface area contributed by atoms with Gasteiger partial charge in [0.1, 0.15) is 6.61 Å². The van der Waals surface area contributed by atoms with Crippen LogP contribution in [0.3, 0.4) is 0 Å². The number of hydrogen-bond acceptors (Lipinski definition) is 3. The maximum atomic E-state index is 11.5. The molecule has 1 aromatic carbocycles. The van der Waals surface area contributed by atoms with Crippen molar-refractivity contribution < 1.29 is 14.3 Å². The molecule has 2 amide bonds. The van der Waals surface area contributed by atoms with Crippen LogP contribution in [0.4, 0.5) is 4.79 Å². The first-order chi connectivity index (χ1) is 9.29. The molecule has 1 aliphatic heterocycles. The van der Waals surface area contributed by atoms with Crippen LogP contribution in [0.1, 0.15) is 19.8 Å². The number of rotatable bonds is 5. The van der Waals surface area contributed by atoms with Crippen LogP contribution in [0.5, 0.6) is 11.5 Å². The Labute approximate surface area is 113 Å². The van der Waals surface area contributed by atoms with Crippen LogP contribution in [0.2, 0.25) is 0 Å². The van der Waals surface area contributed by atoms with E-state index in [9.17, 15) is 4.79 Å². The second-order valence-electron chi connectivity index (χ2n) is 4.49. The molecule has 0 aromatic heterocycles. The summed E-state index contributed by atoms with van der Waals surface area (Å²) in [5.74, 6) is 1.48. The number of hydrogen-bond donors (Lipinski definition) is 2. The number of unbranched alkanes of at least 4 members (excludes halogenated alkanes) is 1. The summed E-state index contributed by atoms with van der Waals surface area (Å²) in [6.07, 6.45) is 1.91. The van der Waals surface area contributed by atoms with Crippen molar-refractivity contribution in [2.24, 2.45) is 0 Å². The molecule has 1 heterocycles. The predicted octanol–water partition coefficient (Wildman–Crippen LogP) is 1.93. The molecule has 5 heteroatoms. The van der Waals surface area contributed by atoms with Crippen LogP contribution >= 0.6 is 0 Å². The smallest absolute Gasteiger partial charge is 0.314 e.